The number of ether oxygens (including phenoxy) is 3. The number of nitrogens with two attached hydrogens (primary N) is 2. The first-order chi connectivity index (χ1) is 18.6. The lowest BCUT2D eigenvalue weighted by molar-refractivity contribution is -0.577. The normalized spacial score (nSPS) is 36.9. The summed E-state index contributed by atoms with van der Waals surface area (Å²) in [7, 11) is 0. The van der Waals surface area contributed by atoms with E-state index in [9.17, 15) is 0 Å². The van der Waals surface area contributed by atoms with E-state index in [4.69, 9.17) is 47.1 Å². The van der Waals surface area contributed by atoms with Crippen LogP contribution in [0.1, 0.15) is 66.0 Å². The number of hydrogen-bond acceptors (Lipinski definition) is 9. The quantitative estimate of drug-likeness (QED) is 0.449. The molecule has 4 saturated heterocycles. The number of hydrogen-bond donors (Lipinski definition) is 2. The Morgan fingerprint density at radius 3 is 2.46 bits per heavy atom. The summed E-state index contributed by atoms with van der Waals surface area (Å²) in [6.07, 6.45) is 4.41. The van der Waals surface area contributed by atoms with Gasteiger partial charge in [-0.15, -0.1) is 0 Å². The van der Waals surface area contributed by atoms with Crippen LogP contribution in [0.4, 0.5) is 11.8 Å². The van der Waals surface area contributed by atoms with Crippen LogP contribution in [-0.4, -0.2) is 40.5 Å². The third-order valence-corrected chi connectivity index (χ3v) is 9.18. The zero-order valence-corrected chi connectivity index (χ0v) is 24.2. The molecule has 10 heteroatoms. The van der Waals surface area contributed by atoms with Crippen LogP contribution in [0.5, 0.6) is 0 Å². The number of aryl methyl sites for hydroxylation is 1. The highest BCUT2D eigenvalue weighted by Gasteiger charge is 2.69. The maximum absolute atomic E-state index is 6.25. The second kappa shape index (κ2) is 11.1. The van der Waals surface area contributed by atoms with Gasteiger partial charge in [0.05, 0.1) is 5.69 Å². The first-order valence-electron chi connectivity index (χ1n) is 14.1. The van der Waals surface area contributed by atoms with Crippen molar-refractivity contribution in [2.24, 2.45) is 23.7 Å². The SMILES string of the molecule is CCO[C@H]1O[C@@H]2O[C@]3(C)CC[C@H]4[C@H](C)CC[C@@H]([C@H]1C)C24OO3.CCc1nc(N)nc(N)c1-c1ccc(Cl)cc1. The topological polar surface area (TPSA) is 124 Å². The third kappa shape index (κ3) is 5.13. The molecule has 4 aliphatic heterocycles. The predicted octanol–water partition coefficient (Wildman–Crippen LogP) is 5.75. The summed E-state index contributed by atoms with van der Waals surface area (Å²) < 4.78 is 18.3. The summed E-state index contributed by atoms with van der Waals surface area (Å²) in [6, 6.07) is 7.41. The molecular formula is C29H41ClN4O5. The molecule has 214 valence electrons. The summed E-state index contributed by atoms with van der Waals surface area (Å²) >= 11 is 5.86. The molecule has 5 aliphatic rings. The first kappa shape index (κ1) is 28.5. The van der Waals surface area contributed by atoms with Crippen molar-refractivity contribution >= 4 is 23.4 Å². The van der Waals surface area contributed by atoms with Gasteiger partial charge in [0, 0.05) is 35.4 Å². The van der Waals surface area contributed by atoms with E-state index in [1.54, 1.807) is 0 Å². The monoisotopic (exact) mass is 560 g/mol. The standard InChI is InChI=1S/C17H28O5.C12H13ClN4/c1-5-18-14-11(3)13-7-6-10(2)12-8-9-16(4)20-15(19-14)17(12,13)22-21-16;1-2-9-10(11(14)17-12(15)16-9)7-3-5-8(13)6-4-7/h10-15H,5-9H2,1-4H3;3-6H,2H2,1H3,(H4,14,15,16,17)/t10-,11-,12+,13+,14+,15-,16+,17?;/m1./s1. The smallest absolute Gasteiger partial charge is 0.222 e. The van der Waals surface area contributed by atoms with Crippen LogP contribution in [-0.2, 0) is 30.4 Å². The number of rotatable bonds is 4. The number of nitrogens with zero attached hydrogens (tertiary/aromatic N) is 2. The van der Waals surface area contributed by atoms with Crippen LogP contribution in [0, 0.1) is 23.7 Å². The Balaban J connectivity index is 0.000000164. The van der Waals surface area contributed by atoms with Crippen LogP contribution in [0.3, 0.4) is 0 Å². The van der Waals surface area contributed by atoms with E-state index < -0.39 is 11.4 Å². The summed E-state index contributed by atoms with van der Waals surface area (Å²) in [5, 5.41) is 0.682. The van der Waals surface area contributed by atoms with E-state index in [0.717, 1.165) is 42.5 Å². The lowest BCUT2D eigenvalue weighted by Crippen LogP contribution is -2.70. The Hall–Kier alpha value is -2.01. The second-order valence-electron chi connectivity index (χ2n) is 11.4. The van der Waals surface area contributed by atoms with Crippen molar-refractivity contribution in [2.75, 3.05) is 18.1 Å². The van der Waals surface area contributed by atoms with Crippen molar-refractivity contribution in [2.45, 2.75) is 90.7 Å². The number of halogens is 1. The second-order valence-corrected chi connectivity index (χ2v) is 11.8. The van der Waals surface area contributed by atoms with Gasteiger partial charge in [-0.25, -0.2) is 14.8 Å². The van der Waals surface area contributed by atoms with Crippen molar-refractivity contribution in [3.8, 4) is 11.1 Å². The molecule has 0 radical (unpaired) electrons. The van der Waals surface area contributed by atoms with Gasteiger partial charge in [-0.1, -0.05) is 44.5 Å². The van der Waals surface area contributed by atoms with Crippen LogP contribution >= 0.6 is 11.6 Å². The number of benzene rings is 1. The average Bonchev–Trinajstić information content (AvgIpc) is 3.14. The fraction of sp³-hybridized carbons (Fsp3) is 0.655. The molecule has 2 bridgehead atoms. The molecule has 1 saturated carbocycles. The van der Waals surface area contributed by atoms with Gasteiger partial charge in [-0.2, -0.15) is 4.98 Å². The Morgan fingerprint density at radius 1 is 1.03 bits per heavy atom. The van der Waals surface area contributed by atoms with Gasteiger partial charge in [0.15, 0.2) is 18.2 Å². The summed E-state index contributed by atoms with van der Waals surface area (Å²) in [5.41, 5.74) is 13.6. The molecule has 0 amide bonds. The highest BCUT2D eigenvalue weighted by atomic mass is 35.5. The van der Waals surface area contributed by atoms with Crippen molar-refractivity contribution < 1.29 is 24.0 Å². The van der Waals surface area contributed by atoms with E-state index in [1.165, 1.54) is 6.42 Å². The zero-order chi connectivity index (χ0) is 27.9. The number of anilines is 2. The fourth-order valence-corrected chi connectivity index (χ4v) is 7.09. The average molecular weight is 561 g/mol. The fourth-order valence-electron chi connectivity index (χ4n) is 6.96. The maximum atomic E-state index is 6.25. The Bertz CT molecular complexity index is 1170. The summed E-state index contributed by atoms with van der Waals surface area (Å²) in [4.78, 5) is 20.1. The van der Waals surface area contributed by atoms with Gasteiger partial charge in [-0.3, -0.25) is 0 Å². The van der Waals surface area contributed by atoms with Gasteiger partial charge in [0.1, 0.15) is 5.82 Å². The lowest BCUT2D eigenvalue weighted by Gasteiger charge is -2.60. The minimum atomic E-state index is -0.700. The molecule has 9 nitrogen and oxygen atoms in total. The highest BCUT2D eigenvalue weighted by molar-refractivity contribution is 6.30. The van der Waals surface area contributed by atoms with E-state index in [1.807, 2.05) is 45.0 Å². The predicted molar refractivity (Wildman–Crippen MR) is 149 cm³/mol. The van der Waals surface area contributed by atoms with Gasteiger partial charge in [-0.05, 0) is 69.1 Å². The highest BCUT2D eigenvalue weighted by Crippen LogP contribution is 2.60. The molecule has 5 heterocycles. The molecule has 5 fully saturated rings. The van der Waals surface area contributed by atoms with E-state index in [2.05, 4.69) is 23.8 Å². The molecule has 39 heavy (non-hydrogen) atoms. The summed E-state index contributed by atoms with van der Waals surface area (Å²) in [6.45, 7) is 11.2. The maximum Gasteiger partial charge on any atom is 0.222 e. The number of nitrogen functional groups attached to an aromatic ring is 2. The van der Waals surface area contributed by atoms with Gasteiger partial charge >= 0.3 is 0 Å². The Labute approximate surface area is 235 Å². The molecule has 1 spiro atoms. The van der Waals surface area contributed by atoms with Gasteiger partial charge in [0.2, 0.25) is 11.7 Å². The van der Waals surface area contributed by atoms with E-state index in [-0.39, 0.29) is 24.4 Å². The van der Waals surface area contributed by atoms with Gasteiger partial charge in [0.25, 0.3) is 0 Å². The molecule has 2 aromatic rings. The lowest BCUT2D eigenvalue weighted by atomic mass is 9.58. The minimum Gasteiger partial charge on any atom is -0.383 e. The van der Waals surface area contributed by atoms with Crippen LogP contribution in [0.15, 0.2) is 24.3 Å². The Kier molecular flexibility index (Phi) is 8.12. The number of fused-ring (bicyclic) bond motifs is 2. The molecular weight excluding hydrogens is 520 g/mol. The zero-order valence-electron chi connectivity index (χ0n) is 23.5. The molecule has 8 atom stereocenters. The molecule has 1 aliphatic carbocycles. The van der Waals surface area contributed by atoms with E-state index in [0.29, 0.717) is 35.2 Å². The van der Waals surface area contributed by atoms with Gasteiger partial charge < -0.3 is 25.7 Å². The van der Waals surface area contributed by atoms with Crippen molar-refractivity contribution in [1.82, 2.24) is 9.97 Å². The van der Waals surface area contributed by atoms with Crippen molar-refractivity contribution in [3.05, 3.63) is 35.0 Å². The minimum absolute atomic E-state index is 0.206. The van der Waals surface area contributed by atoms with Crippen molar-refractivity contribution in [3.63, 3.8) is 0 Å². The van der Waals surface area contributed by atoms with Crippen LogP contribution in [0.2, 0.25) is 5.02 Å². The molecule has 4 N–H and O–H groups in total. The molecule has 1 aromatic heterocycles. The van der Waals surface area contributed by atoms with Crippen LogP contribution in [0.25, 0.3) is 11.1 Å². The largest absolute Gasteiger partial charge is 0.383 e. The molecule has 1 aromatic carbocycles. The van der Waals surface area contributed by atoms with E-state index >= 15 is 0 Å². The molecule has 1 unspecified atom stereocenters. The third-order valence-electron chi connectivity index (χ3n) is 8.93. The summed E-state index contributed by atoms with van der Waals surface area (Å²) in [5.74, 6) is 1.56. The van der Waals surface area contributed by atoms with Crippen LogP contribution < -0.4 is 11.5 Å². The van der Waals surface area contributed by atoms with Crippen molar-refractivity contribution in [1.29, 1.82) is 0 Å². The molecule has 7 rings (SSSR count). The first-order valence-corrected chi connectivity index (χ1v) is 14.5. The Morgan fingerprint density at radius 2 is 1.77 bits per heavy atom. The number of aromatic nitrogens is 2.